The van der Waals surface area contributed by atoms with E-state index >= 15 is 0 Å². The lowest BCUT2D eigenvalue weighted by molar-refractivity contribution is -0.136. The standard InChI is InChI=1S/C62H60N10O4/c73-58-24-23-57(60(74)66-58)72-43-53-39-48(19-22-54(53)62(72)76)8-6-29-70-37-33-68(34-38-70)27-4-3-26-67-31-35-69(36-32-67)28-5-7-45-11-13-46(14-12-45)15-16-47-17-20-49(21-18-47)61(75)71-30-25-51-41-64-59(65-56(51)44-71)52-40-50-9-1-2-10-55(50)63-42-52/h1-2,9-14,17-22,39-42,57H,15-16,23-38,43-44H2,(H,66,73,74). The number of aromatic nitrogens is 3. The first-order valence-electron chi connectivity index (χ1n) is 26.5. The second kappa shape index (κ2) is 23.2. The molecule has 4 amide bonds. The first kappa shape index (κ1) is 50.1. The number of carbonyl (C=O) groups is 4. The number of piperazine rings is 2. The molecule has 4 aromatic carbocycles. The number of nitrogens with zero attached hydrogens (tertiary/aromatic N) is 9. The SMILES string of the molecule is O=C1CCC(N2Cc3cc(C#CCN4CCN(CC#CCN5CCN(CC#Cc6ccc(CCc7ccc(C(=O)N8CCc9cnc(-c%10cnc%11ccccc%11c%10)nc9C8)cc7)cc6)CC5)CC4)ccc3C2=O)C(=O)N1. The lowest BCUT2D eigenvalue weighted by atomic mass is 10.0. The van der Waals surface area contributed by atoms with Crippen LogP contribution in [0.5, 0.6) is 0 Å². The summed E-state index contributed by atoms with van der Waals surface area (Å²) in [7, 11) is 0. The molecule has 3 saturated heterocycles. The van der Waals surface area contributed by atoms with Crippen molar-refractivity contribution < 1.29 is 19.2 Å². The Balaban J connectivity index is 0.554. The minimum atomic E-state index is -0.617. The molecular weight excluding hydrogens is 949 g/mol. The van der Waals surface area contributed by atoms with Crippen LogP contribution in [0.4, 0.5) is 0 Å². The van der Waals surface area contributed by atoms with Crippen molar-refractivity contribution in [2.45, 2.75) is 51.2 Å². The van der Waals surface area contributed by atoms with E-state index in [1.54, 1.807) is 11.0 Å². The molecular formula is C62H60N10O4. The molecule has 14 heteroatoms. The van der Waals surface area contributed by atoms with E-state index < -0.39 is 11.9 Å². The molecule has 7 heterocycles. The second-order valence-corrected chi connectivity index (χ2v) is 20.3. The largest absolute Gasteiger partial charge is 0.332 e. The topological polar surface area (TPSA) is 138 Å². The van der Waals surface area contributed by atoms with Gasteiger partial charge in [-0.05, 0) is 103 Å². The van der Waals surface area contributed by atoms with Crippen LogP contribution in [0.3, 0.4) is 0 Å². The van der Waals surface area contributed by atoms with Crippen LogP contribution in [0, 0.1) is 35.5 Å². The van der Waals surface area contributed by atoms with E-state index in [1.807, 2.05) is 65.8 Å². The number of nitrogens with one attached hydrogen (secondary N) is 1. The summed E-state index contributed by atoms with van der Waals surface area (Å²) in [6, 6.07) is 31.7. The summed E-state index contributed by atoms with van der Waals surface area (Å²) < 4.78 is 0. The van der Waals surface area contributed by atoms with Crippen molar-refractivity contribution in [1.82, 2.24) is 49.7 Å². The smallest absolute Gasteiger partial charge is 0.255 e. The normalized spacial score (nSPS) is 18.2. The Labute approximate surface area is 444 Å². The van der Waals surface area contributed by atoms with Crippen LogP contribution in [0.15, 0.2) is 109 Å². The van der Waals surface area contributed by atoms with Crippen molar-refractivity contribution in [3.63, 3.8) is 0 Å². The number of benzene rings is 4. The molecule has 3 fully saturated rings. The Morgan fingerprint density at radius 3 is 1.89 bits per heavy atom. The maximum absolute atomic E-state index is 13.6. The number of amides is 4. The number of aryl methyl sites for hydroxylation is 2. The third kappa shape index (κ3) is 12.1. The Bertz CT molecular complexity index is 3360. The van der Waals surface area contributed by atoms with Gasteiger partial charge in [-0.15, -0.1) is 0 Å². The highest BCUT2D eigenvalue weighted by Crippen LogP contribution is 2.29. The molecule has 0 bridgehead atoms. The fraction of sp³-hybridized carbons (Fsp3) is 0.339. The van der Waals surface area contributed by atoms with Gasteiger partial charge in [-0.2, -0.15) is 0 Å². The molecule has 11 rings (SSSR count). The Morgan fingerprint density at radius 2 is 1.22 bits per heavy atom. The van der Waals surface area contributed by atoms with E-state index in [0.29, 0.717) is 49.6 Å². The van der Waals surface area contributed by atoms with Crippen molar-refractivity contribution >= 4 is 34.5 Å². The fourth-order valence-corrected chi connectivity index (χ4v) is 10.6. The number of para-hydroxylation sites is 1. The maximum Gasteiger partial charge on any atom is 0.255 e. The predicted molar refractivity (Wildman–Crippen MR) is 291 cm³/mol. The van der Waals surface area contributed by atoms with E-state index in [-0.39, 0.29) is 24.1 Å². The van der Waals surface area contributed by atoms with Gasteiger partial charge in [0.15, 0.2) is 5.82 Å². The number of hydrogen-bond acceptors (Lipinski definition) is 11. The van der Waals surface area contributed by atoms with Gasteiger partial charge >= 0.3 is 0 Å². The molecule has 0 radical (unpaired) electrons. The number of hydrogen-bond donors (Lipinski definition) is 1. The van der Waals surface area contributed by atoms with Crippen LogP contribution in [0.2, 0.25) is 0 Å². The molecule has 6 aromatic rings. The number of imide groups is 1. The van der Waals surface area contributed by atoms with Crippen molar-refractivity contribution in [3.05, 3.63) is 160 Å². The molecule has 5 aliphatic rings. The molecule has 1 atom stereocenters. The van der Waals surface area contributed by atoms with Crippen LogP contribution in [-0.2, 0) is 41.9 Å². The van der Waals surface area contributed by atoms with Crippen LogP contribution >= 0.6 is 0 Å². The van der Waals surface area contributed by atoms with Gasteiger partial charge in [-0.25, -0.2) is 9.97 Å². The quantitative estimate of drug-likeness (QED) is 0.145. The minimum Gasteiger partial charge on any atom is -0.332 e. The molecule has 0 saturated carbocycles. The van der Waals surface area contributed by atoms with Gasteiger partial charge in [0.05, 0.1) is 43.9 Å². The Hall–Kier alpha value is -8.03. The monoisotopic (exact) mass is 1010 g/mol. The highest BCUT2D eigenvalue weighted by atomic mass is 16.2. The van der Waals surface area contributed by atoms with E-state index in [2.05, 4.69) is 113 Å². The van der Waals surface area contributed by atoms with Crippen LogP contribution in [0.25, 0.3) is 22.3 Å². The molecule has 1 N–H and O–H groups in total. The summed E-state index contributed by atoms with van der Waals surface area (Å²) in [5.41, 5.74) is 10.3. The third-order valence-corrected chi connectivity index (χ3v) is 15.2. The summed E-state index contributed by atoms with van der Waals surface area (Å²) >= 11 is 0. The summed E-state index contributed by atoms with van der Waals surface area (Å²) in [6.45, 7) is 12.2. The number of piperidine rings is 1. The minimum absolute atomic E-state index is 0.0191. The van der Waals surface area contributed by atoms with Crippen molar-refractivity contribution in [2.24, 2.45) is 0 Å². The molecule has 0 aliphatic carbocycles. The van der Waals surface area contributed by atoms with Gasteiger partial charge in [0.25, 0.3) is 11.8 Å². The lowest BCUT2D eigenvalue weighted by Crippen LogP contribution is -2.52. The van der Waals surface area contributed by atoms with E-state index in [1.165, 1.54) is 11.1 Å². The average molecular weight is 1010 g/mol. The zero-order valence-electron chi connectivity index (χ0n) is 42.8. The number of pyridine rings is 1. The Morgan fingerprint density at radius 1 is 0.605 bits per heavy atom. The van der Waals surface area contributed by atoms with Gasteiger partial charge in [0.2, 0.25) is 11.8 Å². The number of rotatable bonds is 10. The molecule has 1 unspecified atom stereocenters. The molecule has 2 aromatic heterocycles. The summed E-state index contributed by atoms with van der Waals surface area (Å²) in [5, 5.41) is 3.40. The number of carbonyl (C=O) groups excluding carboxylic acids is 4. The van der Waals surface area contributed by atoms with Gasteiger partial charge in [-0.3, -0.25) is 49.1 Å². The molecule has 76 heavy (non-hydrogen) atoms. The first-order chi connectivity index (χ1) is 37.2. The van der Waals surface area contributed by atoms with Crippen molar-refractivity contribution in [1.29, 1.82) is 0 Å². The van der Waals surface area contributed by atoms with E-state index in [9.17, 15) is 19.2 Å². The number of fused-ring (bicyclic) bond motifs is 3. The average Bonchev–Trinajstić information content (AvgIpc) is 3.80. The Kier molecular flexibility index (Phi) is 15.3. The van der Waals surface area contributed by atoms with Gasteiger partial charge < -0.3 is 9.80 Å². The highest BCUT2D eigenvalue weighted by molar-refractivity contribution is 6.05. The van der Waals surface area contributed by atoms with Crippen molar-refractivity contribution in [2.75, 3.05) is 85.1 Å². The van der Waals surface area contributed by atoms with Crippen molar-refractivity contribution in [3.8, 4) is 46.9 Å². The first-order valence-corrected chi connectivity index (χ1v) is 26.5. The van der Waals surface area contributed by atoms with Gasteiger partial charge in [-0.1, -0.05) is 78.0 Å². The zero-order chi connectivity index (χ0) is 51.8. The summed E-state index contributed by atoms with van der Waals surface area (Å²) in [4.78, 5) is 77.8. The zero-order valence-corrected chi connectivity index (χ0v) is 42.8. The van der Waals surface area contributed by atoms with Gasteiger partial charge in [0, 0.05) is 117 Å². The lowest BCUT2D eigenvalue weighted by Gasteiger charge is -2.33. The maximum atomic E-state index is 13.6. The van der Waals surface area contributed by atoms with Crippen LogP contribution < -0.4 is 5.32 Å². The summed E-state index contributed by atoms with van der Waals surface area (Å²) in [5.74, 6) is 20.0. The van der Waals surface area contributed by atoms with Gasteiger partial charge in [0.1, 0.15) is 6.04 Å². The molecule has 5 aliphatic heterocycles. The molecule has 0 spiro atoms. The van der Waals surface area contributed by atoms with E-state index in [0.717, 1.165) is 136 Å². The third-order valence-electron chi connectivity index (χ3n) is 15.2. The second-order valence-electron chi connectivity index (χ2n) is 20.3. The predicted octanol–water partition coefficient (Wildman–Crippen LogP) is 5.08. The van der Waals surface area contributed by atoms with Crippen LogP contribution in [-0.4, -0.2) is 159 Å². The fourth-order valence-electron chi connectivity index (χ4n) is 10.6. The highest BCUT2D eigenvalue weighted by Gasteiger charge is 2.39. The van der Waals surface area contributed by atoms with Crippen LogP contribution in [0.1, 0.15) is 72.6 Å². The molecule has 382 valence electrons. The summed E-state index contributed by atoms with van der Waals surface area (Å²) in [6.07, 6.45) is 6.83. The van der Waals surface area contributed by atoms with E-state index in [4.69, 9.17) is 4.98 Å². The molecule has 14 nitrogen and oxygen atoms in total.